The van der Waals surface area contributed by atoms with E-state index in [1.54, 1.807) is 0 Å². The topological polar surface area (TPSA) is 47.3 Å². The normalized spacial score (nSPS) is 31.3. The fourth-order valence-electron chi connectivity index (χ4n) is 3.10. The molecule has 0 spiro atoms. The van der Waals surface area contributed by atoms with Crippen LogP contribution in [0.25, 0.3) is 0 Å². The van der Waals surface area contributed by atoms with Gasteiger partial charge in [0.1, 0.15) is 0 Å². The summed E-state index contributed by atoms with van der Waals surface area (Å²) < 4.78 is 6.13. The fraction of sp³-hybridized carbons (Fsp3) is 1.00. The van der Waals surface area contributed by atoms with Gasteiger partial charge in [0, 0.05) is 12.0 Å². The number of hydrogen-bond donors (Lipinski definition) is 2. The molecule has 0 bridgehead atoms. The highest BCUT2D eigenvalue weighted by Crippen LogP contribution is 2.44. The number of nitrogens with one attached hydrogen (secondary N) is 1. The SMILES string of the molecule is CCC(C)C(NN)C1CC(C)(C)OC1(C)C. The molecule has 1 aliphatic rings. The highest BCUT2D eigenvalue weighted by molar-refractivity contribution is 5.00. The van der Waals surface area contributed by atoms with E-state index in [-0.39, 0.29) is 11.2 Å². The molecule has 0 radical (unpaired) electrons. The summed E-state index contributed by atoms with van der Waals surface area (Å²) in [5.74, 6) is 6.78. The molecule has 3 N–H and O–H groups in total. The second-order valence-corrected chi connectivity index (χ2v) is 6.35. The molecule has 0 saturated carbocycles. The van der Waals surface area contributed by atoms with Gasteiger partial charge in [-0.3, -0.25) is 11.3 Å². The van der Waals surface area contributed by atoms with Crippen molar-refractivity contribution in [2.24, 2.45) is 17.7 Å². The third-order valence-corrected chi connectivity index (χ3v) is 4.03. The van der Waals surface area contributed by atoms with Gasteiger partial charge in [0.25, 0.3) is 0 Å². The monoisotopic (exact) mass is 228 g/mol. The molecule has 1 heterocycles. The number of hydrazine groups is 1. The summed E-state index contributed by atoms with van der Waals surface area (Å²) in [5, 5.41) is 0. The molecule has 0 aromatic rings. The van der Waals surface area contributed by atoms with Crippen LogP contribution in [0.5, 0.6) is 0 Å². The van der Waals surface area contributed by atoms with Crippen LogP contribution in [0.1, 0.15) is 54.4 Å². The minimum absolute atomic E-state index is 0.0310. The average Bonchev–Trinajstić information content (AvgIpc) is 2.36. The van der Waals surface area contributed by atoms with Crippen LogP contribution in [0.2, 0.25) is 0 Å². The largest absolute Gasteiger partial charge is 0.369 e. The first-order chi connectivity index (χ1) is 7.23. The highest BCUT2D eigenvalue weighted by Gasteiger charge is 2.49. The van der Waals surface area contributed by atoms with Gasteiger partial charge in [-0.1, -0.05) is 20.3 Å². The van der Waals surface area contributed by atoms with Crippen LogP contribution in [0, 0.1) is 11.8 Å². The molecule has 3 heteroatoms. The molecular formula is C13H28N2O. The molecule has 3 atom stereocenters. The second-order valence-electron chi connectivity index (χ2n) is 6.35. The lowest BCUT2D eigenvalue weighted by molar-refractivity contribution is -0.0794. The van der Waals surface area contributed by atoms with Crippen LogP contribution in [0.3, 0.4) is 0 Å². The van der Waals surface area contributed by atoms with Crippen molar-refractivity contribution in [3.05, 3.63) is 0 Å². The summed E-state index contributed by atoms with van der Waals surface area (Å²) in [5.41, 5.74) is 2.88. The van der Waals surface area contributed by atoms with E-state index in [0.29, 0.717) is 17.9 Å². The third-order valence-electron chi connectivity index (χ3n) is 4.03. The highest BCUT2D eigenvalue weighted by atomic mass is 16.5. The maximum atomic E-state index is 6.13. The average molecular weight is 228 g/mol. The predicted molar refractivity (Wildman–Crippen MR) is 67.9 cm³/mol. The van der Waals surface area contributed by atoms with Crippen molar-refractivity contribution in [3.8, 4) is 0 Å². The molecule has 3 nitrogen and oxygen atoms in total. The van der Waals surface area contributed by atoms with Gasteiger partial charge in [0.15, 0.2) is 0 Å². The lowest BCUT2D eigenvalue weighted by Gasteiger charge is -2.35. The zero-order valence-electron chi connectivity index (χ0n) is 11.6. The van der Waals surface area contributed by atoms with Crippen molar-refractivity contribution in [1.82, 2.24) is 5.43 Å². The molecule has 1 fully saturated rings. The maximum absolute atomic E-state index is 6.13. The van der Waals surface area contributed by atoms with Gasteiger partial charge < -0.3 is 4.74 Å². The van der Waals surface area contributed by atoms with E-state index < -0.39 is 0 Å². The van der Waals surface area contributed by atoms with Crippen LogP contribution in [0.15, 0.2) is 0 Å². The Balaban J connectivity index is 2.85. The van der Waals surface area contributed by atoms with Gasteiger partial charge in [-0.2, -0.15) is 0 Å². The Morgan fingerprint density at radius 1 is 1.38 bits per heavy atom. The summed E-state index contributed by atoms with van der Waals surface area (Å²) in [6, 6.07) is 0.335. The van der Waals surface area contributed by atoms with Gasteiger partial charge in [-0.05, 0) is 40.0 Å². The molecule has 0 amide bonds. The van der Waals surface area contributed by atoms with Crippen molar-refractivity contribution in [2.45, 2.75) is 71.6 Å². The Labute approximate surface area is 100 Å². The van der Waals surface area contributed by atoms with Gasteiger partial charge in [-0.15, -0.1) is 0 Å². The van der Waals surface area contributed by atoms with Crippen molar-refractivity contribution in [1.29, 1.82) is 0 Å². The molecular weight excluding hydrogens is 200 g/mol. The summed E-state index contributed by atoms with van der Waals surface area (Å²) >= 11 is 0. The van der Waals surface area contributed by atoms with E-state index in [4.69, 9.17) is 10.6 Å². The molecule has 1 saturated heterocycles. The minimum Gasteiger partial charge on any atom is -0.369 e. The molecule has 0 aliphatic carbocycles. The van der Waals surface area contributed by atoms with Crippen LogP contribution < -0.4 is 11.3 Å². The molecule has 1 rings (SSSR count). The van der Waals surface area contributed by atoms with Gasteiger partial charge in [-0.25, -0.2) is 0 Å². The van der Waals surface area contributed by atoms with E-state index in [1.807, 2.05) is 0 Å². The maximum Gasteiger partial charge on any atom is 0.0678 e. The Kier molecular flexibility index (Phi) is 4.04. The zero-order chi connectivity index (χ0) is 12.6. The van der Waals surface area contributed by atoms with Crippen molar-refractivity contribution < 1.29 is 4.74 Å². The number of rotatable bonds is 4. The number of ether oxygens (including phenoxy) is 1. The summed E-state index contributed by atoms with van der Waals surface area (Å²) in [4.78, 5) is 0. The first kappa shape index (κ1) is 13.9. The zero-order valence-corrected chi connectivity index (χ0v) is 11.6. The predicted octanol–water partition coefficient (Wildman–Crippen LogP) is 2.46. The standard InChI is InChI=1S/C13H28N2O/c1-7-9(2)11(15-14)10-8-12(3,4)16-13(10,5)6/h9-11,15H,7-8,14H2,1-6H3. The first-order valence-electron chi connectivity index (χ1n) is 6.40. The van der Waals surface area contributed by atoms with Gasteiger partial charge >= 0.3 is 0 Å². The quantitative estimate of drug-likeness (QED) is 0.574. The van der Waals surface area contributed by atoms with Crippen LogP contribution in [0.4, 0.5) is 0 Å². The van der Waals surface area contributed by atoms with Crippen molar-refractivity contribution in [2.75, 3.05) is 0 Å². The fourth-order valence-corrected chi connectivity index (χ4v) is 3.10. The molecule has 1 aliphatic heterocycles. The van der Waals surface area contributed by atoms with Gasteiger partial charge in [0.05, 0.1) is 11.2 Å². The molecule has 3 unspecified atom stereocenters. The third kappa shape index (κ3) is 2.76. The smallest absolute Gasteiger partial charge is 0.0678 e. The molecule has 0 aromatic heterocycles. The van der Waals surface area contributed by atoms with E-state index in [2.05, 4.69) is 47.0 Å². The van der Waals surface area contributed by atoms with Crippen molar-refractivity contribution >= 4 is 0 Å². The van der Waals surface area contributed by atoms with E-state index in [0.717, 1.165) is 12.8 Å². The van der Waals surface area contributed by atoms with Crippen LogP contribution in [-0.4, -0.2) is 17.2 Å². The van der Waals surface area contributed by atoms with Gasteiger partial charge in [0.2, 0.25) is 0 Å². The number of hydrogen-bond acceptors (Lipinski definition) is 3. The molecule has 0 aromatic carbocycles. The summed E-state index contributed by atoms with van der Waals surface area (Å²) in [7, 11) is 0. The Morgan fingerprint density at radius 2 is 1.94 bits per heavy atom. The van der Waals surface area contributed by atoms with Crippen LogP contribution in [-0.2, 0) is 4.74 Å². The Bertz CT molecular complexity index is 238. The number of nitrogens with two attached hydrogens (primary N) is 1. The molecule has 16 heavy (non-hydrogen) atoms. The minimum atomic E-state index is -0.0933. The van der Waals surface area contributed by atoms with E-state index >= 15 is 0 Å². The van der Waals surface area contributed by atoms with Crippen LogP contribution >= 0.6 is 0 Å². The Morgan fingerprint density at radius 3 is 2.25 bits per heavy atom. The van der Waals surface area contributed by atoms with E-state index in [9.17, 15) is 0 Å². The summed E-state index contributed by atoms with van der Waals surface area (Å²) in [6.07, 6.45) is 2.21. The lowest BCUT2D eigenvalue weighted by atomic mass is 9.76. The first-order valence-corrected chi connectivity index (χ1v) is 6.40. The summed E-state index contributed by atoms with van der Waals surface area (Å²) in [6.45, 7) is 13.2. The second kappa shape index (κ2) is 4.63. The van der Waals surface area contributed by atoms with E-state index in [1.165, 1.54) is 0 Å². The molecule has 96 valence electrons. The van der Waals surface area contributed by atoms with Crippen molar-refractivity contribution in [3.63, 3.8) is 0 Å². The lowest BCUT2D eigenvalue weighted by Crippen LogP contribution is -2.50. The Hall–Kier alpha value is -0.120.